The Kier molecular flexibility index (Phi) is 5.30. The molecule has 0 heterocycles. The first-order valence-electron chi connectivity index (χ1n) is 6.32. The monoisotopic (exact) mass is 310 g/mol. The second kappa shape index (κ2) is 6.98. The molecule has 0 unspecified atom stereocenters. The van der Waals surface area contributed by atoms with Gasteiger partial charge in [-0.1, -0.05) is 41.4 Å². The van der Waals surface area contributed by atoms with Gasteiger partial charge in [-0.2, -0.15) is 0 Å². The Morgan fingerprint density at radius 3 is 2.35 bits per heavy atom. The SMILES string of the molecule is COc1ccc(C[C@H](CO)c2ccc(Cl)cc2Cl)cc1. The Bertz CT molecular complexity index is 567. The van der Waals surface area contributed by atoms with Crippen LogP contribution >= 0.6 is 23.2 Å². The van der Waals surface area contributed by atoms with Crippen LogP contribution in [0, 0.1) is 0 Å². The third-order valence-corrected chi connectivity index (χ3v) is 3.83. The summed E-state index contributed by atoms with van der Waals surface area (Å²) < 4.78 is 5.13. The van der Waals surface area contributed by atoms with Gasteiger partial charge in [-0.25, -0.2) is 0 Å². The van der Waals surface area contributed by atoms with E-state index >= 15 is 0 Å². The molecule has 0 aliphatic carbocycles. The highest BCUT2D eigenvalue weighted by molar-refractivity contribution is 6.35. The van der Waals surface area contributed by atoms with Crippen molar-refractivity contribution in [2.45, 2.75) is 12.3 Å². The van der Waals surface area contributed by atoms with E-state index in [1.807, 2.05) is 30.3 Å². The lowest BCUT2D eigenvalue weighted by molar-refractivity contribution is 0.264. The lowest BCUT2D eigenvalue weighted by Gasteiger charge is -2.16. The van der Waals surface area contributed by atoms with Crippen LogP contribution in [0.2, 0.25) is 10.0 Å². The van der Waals surface area contributed by atoms with Gasteiger partial charge in [0.1, 0.15) is 5.75 Å². The molecule has 0 bridgehead atoms. The summed E-state index contributed by atoms with van der Waals surface area (Å²) in [6, 6.07) is 13.2. The third kappa shape index (κ3) is 3.66. The zero-order valence-corrected chi connectivity index (χ0v) is 12.7. The molecule has 4 heteroatoms. The molecule has 0 spiro atoms. The van der Waals surface area contributed by atoms with Crippen LogP contribution in [-0.2, 0) is 6.42 Å². The maximum atomic E-state index is 9.62. The van der Waals surface area contributed by atoms with E-state index in [9.17, 15) is 5.11 Å². The minimum Gasteiger partial charge on any atom is -0.497 e. The van der Waals surface area contributed by atoms with Gasteiger partial charge >= 0.3 is 0 Å². The molecule has 2 rings (SSSR count). The largest absolute Gasteiger partial charge is 0.497 e. The molecule has 0 saturated heterocycles. The minimum atomic E-state index is -0.0480. The summed E-state index contributed by atoms with van der Waals surface area (Å²) in [6.07, 6.45) is 0.710. The molecule has 0 aromatic heterocycles. The van der Waals surface area contributed by atoms with E-state index < -0.39 is 0 Å². The van der Waals surface area contributed by atoms with Crippen LogP contribution in [0.3, 0.4) is 0 Å². The average Bonchev–Trinajstić information content (AvgIpc) is 2.46. The number of hydrogen-bond donors (Lipinski definition) is 1. The van der Waals surface area contributed by atoms with Crippen molar-refractivity contribution in [2.24, 2.45) is 0 Å². The Labute approximate surface area is 128 Å². The Balaban J connectivity index is 2.19. The van der Waals surface area contributed by atoms with E-state index in [0.29, 0.717) is 16.5 Å². The normalized spacial score (nSPS) is 12.2. The first-order chi connectivity index (χ1) is 9.63. The fraction of sp³-hybridized carbons (Fsp3) is 0.250. The van der Waals surface area contributed by atoms with Crippen molar-refractivity contribution in [3.8, 4) is 5.75 Å². The van der Waals surface area contributed by atoms with Crippen LogP contribution in [0.15, 0.2) is 42.5 Å². The Hall–Kier alpha value is -1.22. The summed E-state index contributed by atoms with van der Waals surface area (Å²) in [5.74, 6) is 0.770. The maximum Gasteiger partial charge on any atom is 0.118 e. The Morgan fingerprint density at radius 1 is 1.10 bits per heavy atom. The average molecular weight is 311 g/mol. The Morgan fingerprint density at radius 2 is 1.80 bits per heavy atom. The van der Waals surface area contributed by atoms with Crippen LogP contribution in [-0.4, -0.2) is 18.8 Å². The lowest BCUT2D eigenvalue weighted by Crippen LogP contribution is -2.08. The molecule has 1 N–H and O–H groups in total. The highest BCUT2D eigenvalue weighted by Crippen LogP contribution is 2.30. The van der Waals surface area contributed by atoms with Gasteiger partial charge in [0.25, 0.3) is 0 Å². The van der Waals surface area contributed by atoms with Crippen LogP contribution in [0.25, 0.3) is 0 Å². The van der Waals surface area contributed by atoms with Crippen molar-refractivity contribution >= 4 is 23.2 Å². The second-order valence-electron chi connectivity index (χ2n) is 4.60. The molecule has 0 amide bonds. The van der Waals surface area contributed by atoms with Gasteiger partial charge in [0.05, 0.1) is 13.7 Å². The molecule has 2 nitrogen and oxygen atoms in total. The van der Waals surface area contributed by atoms with E-state index in [2.05, 4.69) is 0 Å². The van der Waals surface area contributed by atoms with Crippen LogP contribution in [0.1, 0.15) is 17.0 Å². The van der Waals surface area contributed by atoms with Gasteiger partial charge < -0.3 is 9.84 Å². The molecule has 0 aliphatic rings. The summed E-state index contributed by atoms with van der Waals surface area (Å²) in [5.41, 5.74) is 2.03. The number of methoxy groups -OCH3 is 1. The molecule has 2 aromatic carbocycles. The number of rotatable bonds is 5. The number of benzene rings is 2. The van der Waals surface area contributed by atoms with E-state index in [-0.39, 0.29) is 12.5 Å². The van der Waals surface area contributed by atoms with Gasteiger partial charge in [0.15, 0.2) is 0 Å². The van der Waals surface area contributed by atoms with Crippen molar-refractivity contribution in [3.63, 3.8) is 0 Å². The fourth-order valence-electron chi connectivity index (χ4n) is 2.15. The summed E-state index contributed by atoms with van der Waals surface area (Å²) in [7, 11) is 1.64. The van der Waals surface area contributed by atoms with Gasteiger partial charge in [-0.05, 0) is 41.8 Å². The van der Waals surface area contributed by atoms with Gasteiger partial charge in [-0.3, -0.25) is 0 Å². The fourth-order valence-corrected chi connectivity index (χ4v) is 2.71. The molecule has 0 saturated carbocycles. The number of hydrogen-bond acceptors (Lipinski definition) is 2. The third-order valence-electron chi connectivity index (χ3n) is 3.26. The van der Waals surface area contributed by atoms with Gasteiger partial charge in [-0.15, -0.1) is 0 Å². The van der Waals surface area contributed by atoms with Crippen molar-refractivity contribution in [1.29, 1.82) is 0 Å². The summed E-state index contributed by atoms with van der Waals surface area (Å²) in [4.78, 5) is 0. The molecule has 0 aliphatic heterocycles. The molecular weight excluding hydrogens is 295 g/mol. The van der Waals surface area contributed by atoms with Crippen molar-refractivity contribution in [2.75, 3.05) is 13.7 Å². The van der Waals surface area contributed by atoms with E-state index in [1.54, 1.807) is 19.2 Å². The quantitative estimate of drug-likeness (QED) is 0.891. The second-order valence-corrected chi connectivity index (χ2v) is 5.44. The van der Waals surface area contributed by atoms with Crippen LogP contribution in [0.4, 0.5) is 0 Å². The first-order valence-corrected chi connectivity index (χ1v) is 7.08. The molecular formula is C16H16Cl2O2. The van der Waals surface area contributed by atoms with Crippen LogP contribution in [0.5, 0.6) is 5.75 Å². The predicted molar refractivity (Wildman–Crippen MR) is 83.0 cm³/mol. The van der Waals surface area contributed by atoms with Gasteiger partial charge in [0, 0.05) is 16.0 Å². The number of aliphatic hydroxyl groups excluding tert-OH is 1. The predicted octanol–water partition coefficient (Wildman–Crippen LogP) is 4.32. The molecule has 20 heavy (non-hydrogen) atoms. The van der Waals surface area contributed by atoms with Crippen LogP contribution < -0.4 is 4.74 Å². The summed E-state index contributed by atoms with van der Waals surface area (Å²) in [6.45, 7) is 0.0351. The topological polar surface area (TPSA) is 29.5 Å². The van der Waals surface area contributed by atoms with E-state index in [0.717, 1.165) is 16.9 Å². The zero-order chi connectivity index (χ0) is 14.5. The van der Waals surface area contributed by atoms with Crippen molar-refractivity contribution in [1.82, 2.24) is 0 Å². The lowest BCUT2D eigenvalue weighted by atomic mass is 9.92. The smallest absolute Gasteiger partial charge is 0.118 e. The minimum absolute atomic E-state index is 0.0351. The van der Waals surface area contributed by atoms with E-state index in [4.69, 9.17) is 27.9 Å². The molecule has 0 radical (unpaired) electrons. The molecule has 1 atom stereocenters. The molecule has 106 valence electrons. The standard InChI is InChI=1S/C16H16Cl2O2/c1-20-14-5-2-11(3-6-14)8-12(10-19)15-7-4-13(17)9-16(15)18/h2-7,9,12,19H,8,10H2,1H3/t12-/m1/s1. The molecule has 0 fully saturated rings. The highest BCUT2D eigenvalue weighted by atomic mass is 35.5. The number of aliphatic hydroxyl groups is 1. The number of halogens is 2. The summed E-state index contributed by atoms with van der Waals surface area (Å²) >= 11 is 12.1. The summed E-state index contributed by atoms with van der Waals surface area (Å²) in [5, 5.41) is 10.8. The first kappa shape index (κ1) is 15.2. The maximum absolute atomic E-state index is 9.62. The number of ether oxygens (including phenoxy) is 1. The van der Waals surface area contributed by atoms with Gasteiger partial charge in [0.2, 0.25) is 0 Å². The molecule has 2 aromatic rings. The van der Waals surface area contributed by atoms with Crippen molar-refractivity contribution < 1.29 is 9.84 Å². The highest BCUT2D eigenvalue weighted by Gasteiger charge is 2.15. The van der Waals surface area contributed by atoms with Crippen molar-refractivity contribution in [3.05, 3.63) is 63.6 Å². The zero-order valence-electron chi connectivity index (χ0n) is 11.1. The van der Waals surface area contributed by atoms with E-state index in [1.165, 1.54) is 0 Å².